The highest BCUT2D eigenvalue weighted by Gasteiger charge is 2.44. The predicted molar refractivity (Wildman–Crippen MR) is 94.5 cm³/mol. The van der Waals surface area contributed by atoms with Crippen LogP contribution in [-0.2, 0) is 20.9 Å². The molecule has 1 saturated heterocycles. The third-order valence-corrected chi connectivity index (χ3v) is 3.97. The van der Waals surface area contributed by atoms with Gasteiger partial charge in [0, 0.05) is 0 Å². The van der Waals surface area contributed by atoms with Crippen molar-refractivity contribution in [3.8, 4) is 0 Å². The number of primary amides is 1. The lowest BCUT2D eigenvalue weighted by Gasteiger charge is -2.39. The van der Waals surface area contributed by atoms with E-state index in [0.29, 0.717) is 0 Å². The second-order valence-corrected chi connectivity index (χ2v) is 7.63. The van der Waals surface area contributed by atoms with Crippen molar-refractivity contribution in [1.29, 1.82) is 0 Å². The topological polar surface area (TPSA) is 142 Å². The van der Waals surface area contributed by atoms with Crippen LogP contribution < -0.4 is 5.73 Å². The molecule has 1 amide bonds. The molecule has 5 atom stereocenters. The molecule has 1 aromatic rings. The second kappa shape index (κ2) is 10.6. The molecular weight excluding hydrogens is 413 g/mol. The van der Waals surface area contributed by atoms with Gasteiger partial charge < -0.3 is 35.6 Å². The maximum absolute atomic E-state index is 9.86. The summed E-state index contributed by atoms with van der Waals surface area (Å²) in [5.74, 6) is -0.961. The molecule has 0 aromatic heterocycles. The highest BCUT2D eigenvalue weighted by Crippen LogP contribution is 2.24. The first-order valence-corrected chi connectivity index (χ1v) is 8.54. The first-order chi connectivity index (χ1) is 12.1. The molecule has 148 valence electrons. The number of carbonyl (C=O) groups excluding carboxylic acids is 1. The fraction of sp³-hybridized carbons (Fsp3) is 0.533. The number of aliphatic hydroxyl groups is 4. The van der Waals surface area contributed by atoms with Gasteiger partial charge in [-0.1, -0.05) is 65.1 Å². The van der Waals surface area contributed by atoms with Crippen LogP contribution in [0, 0.1) is 0 Å². The van der Waals surface area contributed by atoms with Crippen molar-refractivity contribution in [1.82, 2.24) is 0 Å². The number of benzene rings is 1. The molecule has 0 aliphatic carbocycles. The van der Waals surface area contributed by atoms with Gasteiger partial charge in [0.2, 0.25) is 0 Å². The van der Waals surface area contributed by atoms with Gasteiger partial charge in [-0.05, 0) is 5.56 Å². The monoisotopic (exact) mass is 431 g/mol. The first-order valence-electron chi connectivity index (χ1n) is 7.40. The Morgan fingerprint density at radius 2 is 1.69 bits per heavy atom. The van der Waals surface area contributed by atoms with Gasteiger partial charge in [0.25, 0.3) is 9.70 Å². The molecular formula is C15H20Cl3NO7. The summed E-state index contributed by atoms with van der Waals surface area (Å²) in [5, 5.41) is 38.2. The van der Waals surface area contributed by atoms with E-state index in [0.717, 1.165) is 5.56 Å². The Bertz CT molecular complexity index is 558. The molecule has 11 heteroatoms. The number of hydrogen-bond acceptors (Lipinski definition) is 7. The molecule has 26 heavy (non-hydrogen) atoms. The van der Waals surface area contributed by atoms with E-state index < -0.39 is 47.0 Å². The molecule has 1 heterocycles. The van der Waals surface area contributed by atoms with Crippen LogP contribution in [0.1, 0.15) is 5.56 Å². The highest BCUT2D eigenvalue weighted by molar-refractivity contribution is 6.76. The molecule has 0 unspecified atom stereocenters. The standard InChI is InChI=1S/C13H18O6.C2H2Cl3NO/c14-6-9-10(15)11(16)12(13(17)19-9)18-7-8-4-2-1-3-5-8;3-2(4,5)1(6)7/h1-5,9-17H,6-7H2;(H2,6,7)/t9-,10-,11+,12-,13+;/m1./s1. The number of amides is 1. The van der Waals surface area contributed by atoms with Crippen LogP contribution in [0.2, 0.25) is 0 Å². The minimum absolute atomic E-state index is 0.180. The summed E-state index contributed by atoms with van der Waals surface area (Å²) in [4.78, 5) is 9.85. The largest absolute Gasteiger partial charge is 0.394 e. The van der Waals surface area contributed by atoms with Crippen LogP contribution in [0.5, 0.6) is 0 Å². The molecule has 0 spiro atoms. The molecule has 1 aliphatic heterocycles. The number of hydrogen-bond donors (Lipinski definition) is 5. The van der Waals surface area contributed by atoms with E-state index in [2.05, 4.69) is 5.73 Å². The van der Waals surface area contributed by atoms with Gasteiger partial charge in [-0.15, -0.1) is 0 Å². The number of ether oxygens (including phenoxy) is 2. The van der Waals surface area contributed by atoms with Gasteiger partial charge in [-0.3, -0.25) is 4.79 Å². The smallest absolute Gasteiger partial charge is 0.269 e. The van der Waals surface area contributed by atoms with Crippen LogP contribution >= 0.6 is 34.8 Å². The predicted octanol–water partition coefficient (Wildman–Crippen LogP) is -0.155. The molecule has 1 aromatic carbocycles. The molecule has 0 bridgehead atoms. The zero-order valence-electron chi connectivity index (χ0n) is 13.4. The number of rotatable bonds is 4. The normalized spacial score (nSPS) is 28.8. The van der Waals surface area contributed by atoms with Crippen LogP contribution in [0.4, 0.5) is 0 Å². The van der Waals surface area contributed by atoms with E-state index in [1.54, 1.807) is 0 Å². The molecule has 0 saturated carbocycles. The maximum atomic E-state index is 9.86. The van der Waals surface area contributed by atoms with Crippen molar-refractivity contribution in [3.63, 3.8) is 0 Å². The fourth-order valence-corrected chi connectivity index (χ4v) is 2.02. The number of halogens is 3. The second-order valence-electron chi connectivity index (χ2n) is 5.35. The van der Waals surface area contributed by atoms with Crippen molar-refractivity contribution >= 4 is 40.7 Å². The first kappa shape index (κ1) is 23.4. The zero-order chi connectivity index (χ0) is 19.9. The number of aliphatic hydroxyl groups excluding tert-OH is 4. The lowest BCUT2D eigenvalue weighted by Crippen LogP contribution is -2.59. The van der Waals surface area contributed by atoms with Gasteiger partial charge in [0.15, 0.2) is 6.29 Å². The zero-order valence-corrected chi connectivity index (χ0v) is 15.7. The van der Waals surface area contributed by atoms with E-state index in [1.165, 1.54) is 0 Å². The molecule has 2 rings (SSSR count). The molecule has 6 N–H and O–H groups in total. The van der Waals surface area contributed by atoms with Crippen LogP contribution in [-0.4, -0.2) is 67.4 Å². The third-order valence-electron chi connectivity index (χ3n) is 3.41. The lowest BCUT2D eigenvalue weighted by molar-refractivity contribution is -0.298. The molecule has 1 fully saturated rings. The Kier molecular flexibility index (Phi) is 9.53. The van der Waals surface area contributed by atoms with E-state index in [-0.39, 0.29) is 6.61 Å². The Balaban J connectivity index is 0.000000412. The van der Waals surface area contributed by atoms with Crippen LogP contribution in [0.15, 0.2) is 30.3 Å². The molecule has 1 aliphatic rings. The lowest BCUT2D eigenvalue weighted by atomic mass is 9.99. The Morgan fingerprint density at radius 1 is 1.15 bits per heavy atom. The van der Waals surface area contributed by atoms with Crippen molar-refractivity contribution in [3.05, 3.63) is 35.9 Å². The number of nitrogens with two attached hydrogens (primary N) is 1. The highest BCUT2D eigenvalue weighted by atomic mass is 35.6. The van der Waals surface area contributed by atoms with E-state index in [9.17, 15) is 20.1 Å². The van der Waals surface area contributed by atoms with Gasteiger partial charge >= 0.3 is 0 Å². The molecule has 8 nitrogen and oxygen atoms in total. The fourth-order valence-electron chi connectivity index (χ4n) is 2.02. The minimum Gasteiger partial charge on any atom is -0.394 e. The third kappa shape index (κ3) is 7.15. The van der Waals surface area contributed by atoms with Gasteiger partial charge in [-0.25, -0.2) is 0 Å². The summed E-state index contributed by atoms with van der Waals surface area (Å²) in [6.45, 7) is -0.305. The van der Waals surface area contributed by atoms with Gasteiger partial charge in [0.1, 0.15) is 24.4 Å². The Morgan fingerprint density at radius 3 is 2.15 bits per heavy atom. The summed E-state index contributed by atoms with van der Waals surface area (Å²) >= 11 is 14.8. The van der Waals surface area contributed by atoms with Crippen LogP contribution in [0.25, 0.3) is 0 Å². The van der Waals surface area contributed by atoms with Crippen LogP contribution in [0.3, 0.4) is 0 Å². The average molecular weight is 433 g/mol. The average Bonchev–Trinajstić information content (AvgIpc) is 2.58. The van der Waals surface area contributed by atoms with Crippen molar-refractivity contribution in [2.24, 2.45) is 5.73 Å². The summed E-state index contributed by atoms with van der Waals surface area (Å²) in [6, 6.07) is 9.25. The summed E-state index contributed by atoms with van der Waals surface area (Å²) in [5.41, 5.74) is 5.41. The van der Waals surface area contributed by atoms with E-state index in [4.69, 9.17) is 49.4 Å². The summed E-state index contributed by atoms with van der Waals surface area (Å²) in [7, 11) is 0. The number of alkyl halides is 3. The quantitative estimate of drug-likeness (QED) is 0.416. The maximum Gasteiger partial charge on any atom is 0.269 e. The summed E-state index contributed by atoms with van der Waals surface area (Å²) in [6.07, 6.45) is -6.07. The SMILES string of the molecule is NC(=O)C(Cl)(Cl)Cl.OC[C@H]1O[C@H](O)[C@H](OCc2ccccc2)[C@@H](O)[C@@H]1O. The molecule has 0 radical (unpaired) electrons. The van der Waals surface area contributed by atoms with Gasteiger partial charge in [-0.2, -0.15) is 0 Å². The van der Waals surface area contributed by atoms with E-state index >= 15 is 0 Å². The number of carbonyl (C=O) groups is 1. The summed E-state index contributed by atoms with van der Waals surface area (Å²) < 4.78 is 8.44. The Hall–Kier alpha value is -0.680. The van der Waals surface area contributed by atoms with Crippen molar-refractivity contribution < 1.29 is 34.7 Å². The van der Waals surface area contributed by atoms with E-state index in [1.807, 2.05) is 30.3 Å². The minimum atomic E-state index is -1.94. The van der Waals surface area contributed by atoms with Crippen molar-refractivity contribution in [2.75, 3.05) is 6.61 Å². The van der Waals surface area contributed by atoms with Gasteiger partial charge in [0.05, 0.1) is 13.2 Å². The van der Waals surface area contributed by atoms with Crippen molar-refractivity contribution in [2.45, 2.75) is 41.1 Å². The Labute approximate surface area is 165 Å².